The Hall–Kier alpha value is -3.10. The number of sulfonamides is 1. The molecule has 4 rings (SSSR count). The van der Waals surface area contributed by atoms with Crippen molar-refractivity contribution in [2.75, 3.05) is 42.8 Å². The highest BCUT2D eigenvalue weighted by Gasteiger charge is 2.40. The number of benzene rings is 1. The molecule has 0 radical (unpaired) electrons. The molecule has 1 N–H and O–H groups in total. The lowest BCUT2D eigenvalue weighted by molar-refractivity contribution is -0.139. The Labute approximate surface area is 204 Å². The number of nitrogens with zero attached hydrogens (tertiary/aromatic N) is 6. The molecule has 1 aliphatic heterocycles. The lowest BCUT2D eigenvalue weighted by atomic mass is 10.2. The van der Waals surface area contributed by atoms with Crippen LogP contribution in [0.3, 0.4) is 0 Å². The van der Waals surface area contributed by atoms with Crippen molar-refractivity contribution in [2.45, 2.75) is 11.1 Å². The number of nitrogens with one attached hydrogen (secondary N) is 1. The molecule has 0 saturated carbocycles. The zero-order valence-corrected chi connectivity index (χ0v) is 20.2. The van der Waals surface area contributed by atoms with Crippen LogP contribution in [0.25, 0.3) is 0 Å². The highest BCUT2D eigenvalue weighted by atomic mass is 35.5. The van der Waals surface area contributed by atoms with Crippen molar-refractivity contribution in [3.05, 3.63) is 47.4 Å². The fraction of sp³-hybridized carbons (Fsp3) is 0.350. The SMILES string of the molecule is CN1CCN(c2ccc(Oc3nc(NS(=O)(=O)c4cnn(C)c4)nc(Cl)c3C(F)(F)F)cc2)CC1. The Balaban J connectivity index is 1.62. The Morgan fingerprint density at radius 2 is 1.71 bits per heavy atom. The molecule has 1 saturated heterocycles. The topological polar surface area (TPSA) is 105 Å². The minimum absolute atomic E-state index is 0.0595. The molecule has 35 heavy (non-hydrogen) atoms. The third-order valence-electron chi connectivity index (χ3n) is 5.25. The highest BCUT2D eigenvalue weighted by molar-refractivity contribution is 7.92. The second kappa shape index (κ2) is 9.51. The van der Waals surface area contributed by atoms with Gasteiger partial charge in [0.1, 0.15) is 10.6 Å². The summed E-state index contributed by atoms with van der Waals surface area (Å²) in [6.07, 6.45) is -2.69. The van der Waals surface area contributed by atoms with E-state index in [1.165, 1.54) is 30.1 Å². The average molecular weight is 532 g/mol. The Kier molecular flexibility index (Phi) is 6.79. The van der Waals surface area contributed by atoms with Crippen LogP contribution < -0.4 is 14.4 Å². The van der Waals surface area contributed by atoms with Gasteiger partial charge in [-0.25, -0.2) is 13.1 Å². The second-order valence-electron chi connectivity index (χ2n) is 7.86. The van der Waals surface area contributed by atoms with Gasteiger partial charge < -0.3 is 14.5 Å². The van der Waals surface area contributed by atoms with Crippen molar-refractivity contribution in [1.82, 2.24) is 24.6 Å². The first kappa shape index (κ1) is 25.0. The minimum Gasteiger partial charge on any atom is -0.438 e. The van der Waals surface area contributed by atoms with E-state index in [1.54, 1.807) is 12.1 Å². The Bertz CT molecular complexity index is 1310. The largest absolute Gasteiger partial charge is 0.438 e. The summed E-state index contributed by atoms with van der Waals surface area (Å²) in [6.45, 7) is 3.42. The van der Waals surface area contributed by atoms with Crippen LogP contribution >= 0.6 is 11.6 Å². The van der Waals surface area contributed by atoms with Gasteiger partial charge in [-0.2, -0.15) is 28.2 Å². The minimum atomic E-state index is -4.95. The number of aromatic nitrogens is 4. The first-order valence-corrected chi connectivity index (χ1v) is 12.2. The third-order valence-corrected chi connectivity index (χ3v) is 6.81. The van der Waals surface area contributed by atoms with Gasteiger partial charge in [0.2, 0.25) is 11.8 Å². The number of halogens is 4. The van der Waals surface area contributed by atoms with E-state index in [9.17, 15) is 21.6 Å². The van der Waals surface area contributed by atoms with Crippen LogP contribution in [-0.2, 0) is 23.2 Å². The summed E-state index contributed by atoms with van der Waals surface area (Å²) < 4.78 is 74.8. The van der Waals surface area contributed by atoms with Gasteiger partial charge in [-0.1, -0.05) is 11.6 Å². The van der Waals surface area contributed by atoms with Crippen LogP contribution in [0.5, 0.6) is 11.6 Å². The van der Waals surface area contributed by atoms with E-state index >= 15 is 0 Å². The fourth-order valence-corrected chi connectivity index (χ4v) is 4.58. The summed E-state index contributed by atoms with van der Waals surface area (Å²) in [5.41, 5.74) is -0.529. The molecule has 0 aliphatic carbocycles. The van der Waals surface area contributed by atoms with Crippen molar-refractivity contribution in [1.29, 1.82) is 0 Å². The molecule has 0 spiro atoms. The molecule has 10 nitrogen and oxygen atoms in total. The summed E-state index contributed by atoms with van der Waals surface area (Å²) in [4.78, 5) is 11.2. The van der Waals surface area contributed by atoms with E-state index in [1.807, 2.05) is 11.8 Å². The maximum Gasteiger partial charge on any atom is 0.424 e. The maximum atomic E-state index is 13.7. The molecule has 3 aromatic rings. The molecule has 0 bridgehead atoms. The first-order chi connectivity index (χ1) is 16.4. The molecule has 188 valence electrons. The van der Waals surface area contributed by atoms with Crippen LogP contribution in [0.4, 0.5) is 24.8 Å². The quantitative estimate of drug-likeness (QED) is 0.483. The molecule has 1 fully saturated rings. The molecule has 1 aromatic carbocycles. The standard InChI is InChI=1S/C20H21ClF3N7O3S/c1-29-7-9-31(10-8-29)13-3-5-14(6-4-13)34-18-16(20(22,23)24)17(21)26-19(27-18)28-35(32,33)15-11-25-30(2)12-15/h3-6,11-12H,7-10H2,1-2H3,(H,26,27,28). The molecule has 2 aromatic heterocycles. The summed E-state index contributed by atoms with van der Waals surface area (Å²) in [5.74, 6) is -1.56. The third kappa shape index (κ3) is 5.77. The Morgan fingerprint density at radius 3 is 2.29 bits per heavy atom. The van der Waals surface area contributed by atoms with Crippen molar-refractivity contribution < 1.29 is 26.3 Å². The first-order valence-electron chi connectivity index (χ1n) is 10.3. The van der Waals surface area contributed by atoms with Crippen LogP contribution in [0.1, 0.15) is 5.56 Å². The van der Waals surface area contributed by atoms with Crippen LogP contribution in [-0.4, -0.2) is 66.3 Å². The van der Waals surface area contributed by atoms with Gasteiger partial charge in [-0.15, -0.1) is 0 Å². The zero-order chi connectivity index (χ0) is 25.4. The Morgan fingerprint density at radius 1 is 1.06 bits per heavy atom. The van der Waals surface area contributed by atoms with Crippen LogP contribution in [0.15, 0.2) is 41.6 Å². The van der Waals surface area contributed by atoms with Gasteiger partial charge in [0.15, 0.2) is 10.7 Å². The van der Waals surface area contributed by atoms with Gasteiger partial charge in [0.05, 0.1) is 6.20 Å². The number of hydrogen-bond donors (Lipinski definition) is 1. The molecule has 0 atom stereocenters. The van der Waals surface area contributed by atoms with Crippen molar-refractivity contribution in [3.8, 4) is 11.6 Å². The summed E-state index contributed by atoms with van der Waals surface area (Å²) in [5, 5.41) is 2.74. The van der Waals surface area contributed by atoms with Crippen molar-refractivity contribution >= 4 is 33.3 Å². The molecule has 0 amide bonds. The predicted octanol–water partition coefficient (Wildman–Crippen LogP) is 3.23. The number of likely N-dealkylation sites (N-methyl/N-ethyl adjacent to an activating group) is 1. The number of anilines is 2. The number of piperazine rings is 1. The van der Waals surface area contributed by atoms with Gasteiger partial charge in [-0.05, 0) is 31.3 Å². The molecular weight excluding hydrogens is 511 g/mol. The van der Waals surface area contributed by atoms with Crippen molar-refractivity contribution in [3.63, 3.8) is 0 Å². The lowest BCUT2D eigenvalue weighted by Gasteiger charge is -2.34. The van der Waals surface area contributed by atoms with E-state index in [-0.39, 0.29) is 10.6 Å². The molecule has 0 unspecified atom stereocenters. The van der Waals surface area contributed by atoms with E-state index in [2.05, 4.69) is 24.9 Å². The summed E-state index contributed by atoms with van der Waals surface area (Å²) >= 11 is 5.79. The van der Waals surface area contributed by atoms with E-state index in [0.717, 1.165) is 38.1 Å². The van der Waals surface area contributed by atoms with E-state index in [4.69, 9.17) is 16.3 Å². The second-order valence-corrected chi connectivity index (χ2v) is 9.90. The van der Waals surface area contributed by atoms with Crippen LogP contribution in [0.2, 0.25) is 5.15 Å². The van der Waals surface area contributed by atoms with Crippen LogP contribution in [0, 0.1) is 0 Å². The van der Waals surface area contributed by atoms with E-state index in [0.29, 0.717) is 0 Å². The maximum absolute atomic E-state index is 13.7. The normalized spacial score (nSPS) is 15.3. The lowest BCUT2D eigenvalue weighted by Crippen LogP contribution is -2.44. The van der Waals surface area contributed by atoms with Gasteiger partial charge in [0, 0.05) is 45.1 Å². The fourth-order valence-electron chi connectivity index (χ4n) is 3.39. The monoisotopic (exact) mass is 531 g/mol. The van der Waals surface area contributed by atoms with Gasteiger partial charge >= 0.3 is 6.18 Å². The van der Waals surface area contributed by atoms with E-state index < -0.39 is 38.7 Å². The number of hydrogen-bond acceptors (Lipinski definition) is 8. The number of rotatable bonds is 6. The van der Waals surface area contributed by atoms with Crippen molar-refractivity contribution in [2.24, 2.45) is 7.05 Å². The van der Waals surface area contributed by atoms with Gasteiger partial charge in [0.25, 0.3) is 10.0 Å². The smallest absolute Gasteiger partial charge is 0.424 e. The summed E-state index contributed by atoms with van der Waals surface area (Å²) in [7, 11) is -0.694. The highest BCUT2D eigenvalue weighted by Crippen LogP contribution is 2.41. The average Bonchev–Trinajstić information content (AvgIpc) is 3.21. The zero-order valence-electron chi connectivity index (χ0n) is 18.6. The molecule has 1 aliphatic rings. The summed E-state index contributed by atoms with van der Waals surface area (Å²) in [6, 6.07) is 6.46. The predicted molar refractivity (Wildman–Crippen MR) is 122 cm³/mol. The molecule has 15 heteroatoms. The number of alkyl halides is 3. The molecule has 3 heterocycles. The van der Waals surface area contributed by atoms with Gasteiger partial charge in [-0.3, -0.25) is 4.68 Å². The molecular formula is C20H21ClF3N7O3S. The number of aryl methyl sites for hydroxylation is 1. The number of ether oxygens (including phenoxy) is 1.